The minimum Gasteiger partial charge on any atom is -0.553 e. The molecule has 0 saturated carbocycles. The Morgan fingerprint density at radius 2 is 2.62 bits per heavy atom. The van der Waals surface area contributed by atoms with Crippen LogP contribution in [-0.4, -0.2) is 9.76 Å². The highest BCUT2D eigenvalue weighted by molar-refractivity contribution is 6.25. The van der Waals surface area contributed by atoms with Crippen molar-refractivity contribution in [2.24, 2.45) is 0 Å². The molecular weight excluding hydrogens is 116 g/mol. The third-order valence-electron chi connectivity index (χ3n) is 1.33. The van der Waals surface area contributed by atoms with Crippen LogP contribution in [0.3, 0.4) is 0 Å². The van der Waals surface area contributed by atoms with E-state index in [-0.39, 0.29) is 9.76 Å². The third kappa shape index (κ3) is 1.37. The van der Waals surface area contributed by atoms with Gasteiger partial charge in [0.25, 0.3) is 0 Å². The first-order valence-electron chi connectivity index (χ1n) is 3.25. The third-order valence-corrected chi connectivity index (χ3v) is 1.99. The molecule has 0 aromatic heterocycles. The summed E-state index contributed by atoms with van der Waals surface area (Å²) in [5, 5.41) is 0. The van der Waals surface area contributed by atoms with Crippen LogP contribution in [-0.2, 0) is 4.43 Å². The molecule has 0 fully saturated rings. The number of allylic oxidation sites excluding steroid dienone is 2. The van der Waals surface area contributed by atoms with Crippen LogP contribution >= 0.6 is 0 Å². The molecule has 0 aromatic carbocycles. The molecular formula is C6H12OSi. The maximum atomic E-state index is 5.40. The fourth-order valence-electron chi connectivity index (χ4n) is 0.958. The van der Waals surface area contributed by atoms with Crippen molar-refractivity contribution >= 4 is 9.76 Å². The first kappa shape index (κ1) is 5.89. The summed E-state index contributed by atoms with van der Waals surface area (Å²) in [5.41, 5.74) is 0. The van der Waals surface area contributed by atoms with Gasteiger partial charge in [-0.1, -0.05) is 0 Å². The molecule has 0 saturated heterocycles. The smallest absolute Gasteiger partial charge is 0.216 e. The molecule has 0 bridgehead atoms. The largest absolute Gasteiger partial charge is 0.553 e. The number of rotatable bonds is 2. The van der Waals surface area contributed by atoms with E-state index in [0.29, 0.717) is 0 Å². The summed E-state index contributed by atoms with van der Waals surface area (Å²) in [7, 11) is -0.184. The molecule has 46 valence electrons. The predicted octanol–water partition coefficient (Wildman–Crippen LogP) is 1.20. The van der Waals surface area contributed by atoms with Gasteiger partial charge < -0.3 is 4.43 Å². The Labute approximate surface area is 52.7 Å². The van der Waals surface area contributed by atoms with E-state index >= 15 is 0 Å². The van der Waals surface area contributed by atoms with Gasteiger partial charge in [0.15, 0.2) is 0 Å². The quantitative estimate of drug-likeness (QED) is 0.508. The number of hydrogen-bond donors (Lipinski definition) is 0. The Morgan fingerprint density at radius 3 is 3.12 bits per heavy atom. The standard InChI is InChI=1S/C6H12OSi/c1-8-7-6-4-2-3-5-6/h4H,2-3,5,8H2,1H3. The van der Waals surface area contributed by atoms with Gasteiger partial charge in [-0.3, -0.25) is 0 Å². The zero-order valence-electron chi connectivity index (χ0n) is 5.31. The maximum Gasteiger partial charge on any atom is 0.216 e. The summed E-state index contributed by atoms with van der Waals surface area (Å²) < 4.78 is 5.40. The van der Waals surface area contributed by atoms with Gasteiger partial charge in [0, 0.05) is 6.42 Å². The van der Waals surface area contributed by atoms with Crippen molar-refractivity contribution in [3.63, 3.8) is 0 Å². The van der Waals surface area contributed by atoms with Crippen LogP contribution in [0.4, 0.5) is 0 Å². The van der Waals surface area contributed by atoms with Gasteiger partial charge >= 0.3 is 0 Å². The van der Waals surface area contributed by atoms with Crippen molar-refractivity contribution in [1.82, 2.24) is 0 Å². The van der Waals surface area contributed by atoms with Gasteiger partial charge in [0.2, 0.25) is 9.76 Å². The van der Waals surface area contributed by atoms with Crippen molar-refractivity contribution in [1.29, 1.82) is 0 Å². The summed E-state index contributed by atoms with van der Waals surface area (Å²) in [6, 6.07) is 0. The molecule has 1 aliphatic rings. The first-order valence-corrected chi connectivity index (χ1v) is 5.24. The highest BCUT2D eigenvalue weighted by Gasteiger charge is 2.02. The Bertz CT molecular complexity index is 98.7. The van der Waals surface area contributed by atoms with Gasteiger partial charge in [0.05, 0.1) is 5.76 Å². The average molecular weight is 128 g/mol. The van der Waals surface area contributed by atoms with Crippen LogP contribution in [0.2, 0.25) is 6.55 Å². The van der Waals surface area contributed by atoms with E-state index in [0.717, 1.165) is 0 Å². The molecule has 0 spiro atoms. The average Bonchev–Trinajstić information content (AvgIpc) is 2.19. The van der Waals surface area contributed by atoms with E-state index in [2.05, 4.69) is 12.6 Å². The van der Waals surface area contributed by atoms with Gasteiger partial charge in [-0.05, 0) is 25.5 Å². The van der Waals surface area contributed by atoms with Crippen molar-refractivity contribution in [2.75, 3.05) is 0 Å². The highest BCUT2D eigenvalue weighted by atomic mass is 28.2. The van der Waals surface area contributed by atoms with Crippen molar-refractivity contribution < 1.29 is 4.43 Å². The summed E-state index contributed by atoms with van der Waals surface area (Å²) >= 11 is 0. The topological polar surface area (TPSA) is 9.23 Å². The zero-order valence-corrected chi connectivity index (χ0v) is 6.73. The van der Waals surface area contributed by atoms with Gasteiger partial charge in [-0.25, -0.2) is 0 Å². The maximum absolute atomic E-state index is 5.40. The molecule has 0 atom stereocenters. The Balaban J connectivity index is 2.23. The second kappa shape index (κ2) is 2.92. The van der Waals surface area contributed by atoms with Crippen LogP contribution in [0.25, 0.3) is 0 Å². The van der Waals surface area contributed by atoms with Crippen LogP contribution in [0, 0.1) is 0 Å². The van der Waals surface area contributed by atoms with E-state index in [9.17, 15) is 0 Å². The lowest BCUT2D eigenvalue weighted by Gasteiger charge is -2.00. The highest BCUT2D eigenvalue weighted by Crippen LogP contribution is 2.17. The van der Waals surface area contributed by atoms with E-state index in [1.54, 1.807) is 0 Å². The Kier molecular flexibility index (Phi) is 2.15. The van der Waals surface area contributed by atoms with Gasteiger partial charge in [-0.2, -0.15) is 0 Å². The van der Waals surface area contributed by atoms with Crippen LogP contribution in [0.15, 0.2) is 11.8 Å². The molecule has 2 heteroatoms. The van der Waals surface area contributed by atoms with Gasteiger partial charge in [-0.15, -0.1) is 0 Å². The fraction of sp³-hybridized carbons (Fsp3) is 0.667. The molecule has 0 N–H and O–H groups in total. The normalized spacial score (nSPS) is 19.9. The summed E-state index contributed by atoms with van der Waals surface area (Å²) in [4.78, 5) is 0. The lowest BCUT2D eigenvalue weighted by molar-refractivity contribution is 0.440. The second-order valence-electron chi connectivity index (χ2n) is 2.00. The predicted molar refractivity (Wildman–Crippen MR) is 37.4 cm³/mol. The monoisotopic (exact) mass is 128 g/mol. The van der Waals surface area contributed by atoms with Crippen molar-refractivity contribution in [3.05, 3.63) is 11.8 Å². The zero-order chi connectivity index (χ0) is 5.82. The fourth-order valence-corrected chi connectivity index (χ4v) is 1.59. The van der Waals surface area contributed by atoms with Crippen LogP contribution < -0.4 is 0 Å². The van der Waals surface area contributed by atoms with Crippen molar-refractivity contribution in [2.45, 2.75) is 25.8 Å². The van der Waals surface area contributed by atoms with E-state index in [1.807, 2.05) is 0 Å². The van der Waals surface area contributed by atoms with Gasteiger partial charge in [0.1, 0.15) is 0 Å². The molecule has 1 aliphatic carbocycles. The second-order valence-corrected chi connectivity index (χ2v) is 2.86. The van der Waals surface area contributed by atoms with E-state index in [4.69, 9.17) is 4.43 Å². The molecule has 0 aliphatic heterocycles. The minimum atomic E-state index is -0.184. The van der Waals surface area contributed by atoms with Crippen molar-refractivity contribution in [3.8, 4) is 0 Å². The lowest BCUT2D eigenvalue weighted by Crippen LogP contribution is -1.89. The van der Waals surface area contributed by atoms with Crippen LogP contribution in [0.1, 0.15) is 19.3 Å². The molecule has 0 aromatic rings. The lowest BCUT2D eigenvalue weighted by atomic mass is 10.4. The molecule has 1 nitrogen and oxygen atoms in total. The Hall–Kier alpha value is -0.243. The summed E-state index contributed by atoms with van der Waals surface area (Å²) in [6.07, 6.45) is 5.96. The first-order chi connectivity index (χ1) is 3.93. The Morgan fingerprint density at radius 1 is 1.75 bits per heavy atom. The molecule has 8 heavy (non-hydrogen) atoms. The minimum absolute atomic E-state index is 0.184. The molecule has 0 radical (unpaired) electrons. The van der Waals surface area contributed by atoms with Crippen LogP contribution in [0.5, 0.6) is 0 Å². The number of hydrogen-bond acceptors (Lipinski definition) is 1. The van der Waals surface area contributed by atoms with E-state index < -0.39 is 0 Å². The molecule has 1 rings (SSSR count). The van der Waals surface area contributed by atoms with E-state index in [1.165, 1.54) is 25.0 Å². The summed E-state index contributed by atoms with van der Waals surface area (Å²) in [6.45, 7) is 2.17. The molecule has 0 amide bonds. The summed E-state index contributed by atoms with van der Waals surface area (Å²) in [5.74, 6) is 1.26. The SMILES string of the molecule is C[SiH2]OC1=CCCC1. The molecule has 0 unspecified atom stereocenters. The molecule has 0 heterocycles.